The normalized spacial score (nSPS) is 18.5. The maximum atomic E-state index is 4.82. The summed E-state index contributed by atoms with van der Waals surface area (Å²) in [6.45, 7) is 10.2. The van der Waals surface area contributed by atoms with Gasteiger partial charge in [0.05, 0.1) is 12.2 Å². The van der Waals surface area contributed by atoms with Crippen LogP contribution in [0.3, 0.4) is 0 Å². The van der Waals surface area contributed by atoms with Gasteiger partial charge in [-0.15, -0.1) is 24.0 Å². The lowest BCUT2D eigenvalue weighted by atomic mass is 10.0. The number of guanidine groups is 1. The van der Waals surface area contributed by atoms with Gasteiger partial charge in [-0.25, -0.2) is 9.98 Å². The average molecular weight is 441 g/mol. The van der Waals surface area contributed by atoms with E-state index in [1.807, 2.05) is 12.1 Å². The molecule has 1 aliphatic heterocycles. The molecular weight excluding hydrogens is 413 g/mol. The molecule has 0 saturated carbocycles. The molecule has 1 unspecified atom stereocenters. The van der Waals surface area contributed by atoms with Crippen LogP contribution in [0.25, 0.3) is 5.65 Å². The van der Waals surface area contributed by atoms with Crippen LogP contribution in [0.4, 0.5) is 0 Å². The molecule has 3 heterocycles. The first-order valence-electron chi connectivity index (χ1n) is 8.64. The van der Waals surface area contributed by atoms with E-state index in [0.29, 0.717) is 6.54 Å². The Morgan fingerprint density at radius 1 is 1.42 bits per heavy atom. The molecule has 132 valence electrons. The van der Waals surface area contributed by atoms with Crippen molar-refractivity contribution in [2.45, 2.75) is 40.2 Å². The molecule has 1 fully saturated rings. The fraction of sp³-hybridized carbons (Fsp3) is 0.556. The topological polar surface area (TPSA) is 44.9 Å². The number of piperidine rings is 1. The summed E-state index contributed by atoms with van der Waals surface area (Å²) in [5.41, 5.74) is 3.20. The van der Waals surface area contributed by atoms with Gasteiger partial charge in [-0.1, -0.05) is 13.0 Å². The molecule has 2 aromatic rings. The molecule has 0 aromatic carbocycles. The summed E-state index contributed by atoms with van der Waals surface area (Å²) in [4.78, 5) is 11.9. The van der Waals surface area contributed by atoms with Crippen LogP contribution >= 0.6 is 24.0 Å². The number of halogens is 1. The van der Waals surface area contributed by atoms with Gasteiger partial charge in [0, 0.05) is 31.5 Å². The average Bonchev–Trinajstić information content (AvgIpc) is 2.96. The highest BCUT2D eigenvalue weighted by Crippen LogP contribution is 2.16. The van der Waals surface area contributed by atoms with E-state index in [-0.39, 0.29) is 24.0 Å². The number of aromatic nitrogens is 2. The number of aryl methyl sites for hydroxylation is 1. The van der Waals surface area contributed by atoms with Crippen LogP contribution in [0.5, 0.6) is 0 Å². The number of nitrogens with one attached hydrogen (secondary N) is 1. The van der Waals surface area contributed by atoms with Gasteiger partial charge in [0.25, 0.3) is 0 Å². The third-order valence-electron chi connectivity index (χ3n) is 4.43. The second-order valence-corrected chi connectivity index (χ2v) is 6.49. The third-order valence-corrected chi connectivity index (χ3v) is 4.43. The maximum absolute atomic E-state index is 4.82. The van der Waals surface area contributed by atoms with Crippen LogP contribution in [-0.4, -0.2) is 39.9 Å². The SMILES string of the molecule is CCNC(=NCc1cn2c(C)cccc2n1)N1CCCC(C)C1.I. The number of nitrogens with zero attached hydrogens (tertiary/aromatic N) is 4. The van der Waals surface area contributed by atoms with E-state index in [2.05, 4.69) is 52.6 Å². The Bertz CT molecular complexity index is 694. The first kappa shape index (κ1) is 19.0. The molecule has 2 aromatic heterocycles. The number of hydrogen-bond donors (Lipinski definition) is 1. The zero-order chi connectivity index (χ0) is 16.2. The molecule has 1 atom stereocenters. The fourth-order valence-electron chi connectivity index (χ4n) is 3.24. The lowest BCUT2D eigenvalue weighted by Crippen LogP contribution is -2.46. The van der Waals surface area contributed by atoms with Crippen molar-refractivity contribution in [1.29, 1.82) is 0 Å². The van der Waals surface area contributed by atoms with Crippen molar-refractivity contribution in [3.05, 3.63) is 35.8 Å². The fourth-order valence-corrected chi connectivity index (χ4v) is 3.24. The molecule has 0 bridgehead atoms. The summed E-state index contributed by atoms with van der Waals surface area (Å²) in [5, 5.41) is 3.43. The minimum absolute atomic E-state index is 0. The second-order valence-electron chi connectivity index (χ2n) is 6.49. The van der Waals surface area contributed by atoms with E-state index in [4.69, 9.17) is 4.99 Å². The predicted molar refractivity (Wildman–Crippen MR) is 110 cm³/mol. The molecule has 0 amide bonds. The predicted octanol–water partition coefficient (Wildman–Crippen LogP) is 3.46. The summed E-state index contributed by atoms with van der Waals surface area (Å²) in [6, 6.07) is 6.18. The zero-order valence-electron chi connectivity index (χ0n) is 14.8. The van der Waals surface area contributed by atoms with Gasteiger partial charge in [-0.2, -0.15) is 0 Å². The second kappa shape index (κ2) is 8.69. The van der Waals surface area contributed by atoms with E-state index >= 15 is 0 Å². The highest BCUT2D eigenvalue weighted by molar-refractivity contribution is 14.0. The number of rotatable bonds is 3. The van der Waals surface area contributed by atoms with Crippen molar-refractivity contribution >= 4 is 35.6 Å². The number of pyridine rings is 1. The highest BCUT2D eigenvalue weighted by Gasteiger charge is 2.19. The summed E-state index contributed by atoms with van der Waals surface area (Å²) in [7, 11) is 0. The van der Waals surface area contributed by atoms with Crippen molar-refractivity contribution in [2.75, 3.05) is 19.6 Å². The molecule has 3 rings (SSSR count). The molecule has 0 spiro atoms. The quantitative estimate of drug-likeness (QED) is 0.451. The van der Waals surface area contributed by atoms with Gasteiger partial charge in [0.1, 0.15) is 5.65 Å². The molecule has 1 N–H and O–H groups in total. The summed E-state index contributed by atoms with van der Waals surface area (Å²) in [5.74, 6) is 1.76. The molecule has 5 nitrogen and oxygen atoms in total. The molecular formula is C18H28IN5. The Kier molecular flexibility index (Phi) is 6.89. The van der Waals surface area contributed by atoms with E-state index in [1.165, 1.54) is 18.5 Å². The first-order valence-corrected chi connectivity index (χ1v) is 8.64. The van der Waals surface area contributed by atoms with Crippen LogP contribution in [0, 0.1) is 12.8 Å². The minimum Gasteiger partial charge on any atom is -0.357 e. The molecule has 0 aliphatic carbocycles. The van der Waals surface area contributed by atoms with Gasteiger partial charge in [-0.3, -0.25) is 0 Å². The van der Waals surface area contributed by atoms with Gasteiger partial charge in [0.2, 0.25) is 0 Å². The number of hydrogen-bond acceptors (Lipinski definition) is 2. The first-order chi connectivity index (χ1) is 11.2. The number of likely N-dealkylation sites (tertiary alicyclic amines) is 1. The Labute approximate surface area is 161 Å². The summed E-state index contributed by atoms with van der Waals surface area (Å²) < 4.78 is 2.13. The Hall–Kier alpha value is -1.31. The van der Waals surface area contributed by atoms with E-state index in [9.17, 15) is 0 Å². The lowest BCUT2D eigenvalue weighted by molar-refractivity contribution is 0.266. The summed E-state index contributed by atoms with van der Waals surface area (Å²) >= 11 is 0. The monoisotopic (exact) mass is 441 g/mol. The van der Waals surface area contributed by atoms with Gasteiger partial charge >= 0.3 is 0 Å². The van der Waals surface area contributed by atoms with Crippen molar-refractivity contribution in [3.8, 4) is 0 Å². The van der Waals surface area contributed by atoms with Gasteiger partial charge in [-0.05, 0) is 44.7 Å². The van der Waals surface area contributed by atoms with Crippen molar-refractivity contribution in [1.82, 2.24) is 19.6 Å². The van der Waals surface area contributed by atoms with Crippen molar-refractivity contribution < 1.29 is 0 Å². The van der Waals surface area contributed by atoms with E-state index in [0.717, 1.165) is 42.9 Å². The van der Waals surface area contributed by atoms with Crippen LogP contribution in [0.15, 0.2) is 29.4 Å². The largest absolute Gasteiger partial charge is 0.357 e. The third kappa shape index (κ3) is 4.40. The Morgan fingerprint density at radius 3 is 2.96 bits per heavy atom. The number of aliphatic imine (C=N–C) groups is 1. The molecule has 1 saturated heterocycles. The van der Waals surface area contributed by atoms with Crippen LogP contribution in [-0.2, 0) is 6.54 Å². The molecule has 6 heteroatoms. The van der Waals surface area contributed by atoms with Gasteiger partial charge < -0.3 is 14.6 Å². The number of fused-ring (bicyclic) bond motifs is 1. The molecule has 0 radical (unpaired) electrons. The standard InChI is InChI=1S/C18H27N5.HI/c1-4-19-18(22-10-6-7-14(2)12-22)20-11-16-13-23-15(3)8-5-9-17(23)21-16;/h5,8-9,13-14H,4,6-7,10-12H2,1-3H3,(H,19,20);1H. The van der Waals surface area contributed by atoms with Gasteiger partial charge in [0.15, 0.2) is 5.96 Å². The lowest BCUT2D eigenvalue weighted by Gasteiger charge is -2.33. The van der Waals surface area contributed by atoms with Crippen LogP contribution < -0.4 is 5.32 Å². The molecule has 1 aliphatic rings. The Morgan fingerprint density at radius 2 is 2.25 bits per heavy atom. The number of imidazole rings is 1. The van der Waals surface area contributed by atoms with Crippen LogP contribution in [0.2, 0.25) is 0 Å². The maximum Gasteiger partial charge on any atom is 0.194 e. The zero-order valence-corrected chi connectivity index (χ0v) is 17.2. The summed E-state index contributed by atoms with van der Waals surface area (Å²) in [6.07, 6.45) is 4.66. The van der Waals surface area contributed by atoms with Crippen LogP contribution in [0.1, 0.15) is 38.1 Å². The minimum atomic E-state index is 0. The van der Waals surface area contributed by atoms with E-state index < -0.39 is 0 Å². The molecule has 24 heavy (non-hydrogen) atoms. The van der Waals surface area contributed by atoms with Crippen molar-refractivity contribution in [2.24, 2.45) is 10.9 Å². The Balaban J connectivity index is 0.00000208. The van der Waals surface area contributed by atoms with E-state index in [1.54, 1.807) is 0 Å². The smallest absolute Gasteiger partial charge is 0.194 e. The van der Waals surface area contributed by atoms with Crippen molar-refractivity contribution in [3.63, 3.8) is 0 Å². The highest BCUT2D eigenvalue weighted by atomic mass is 127.